The molecule has 1 amide bonds. The van der Waals surface area contributed by atoms with Crippen LogP contribution in [-0.4, -0.2) is 29.8 Å². The molecule has 4 aromatic heterocycles. The molecule has 0 bridgehead atoms. The van der Waals surface area contributed by atoms with Crippen LogP contribution in [0.3, 0.4) is 0 Å². The summed E-state index contributed by atoms with van der Waals surface area (Å²) < 4.78 is 4.22. The number of carbonyl (C=O) groups is 1. The molecule has 166 valence electrons. The van der Waals surface area contributed by atoms with Gasteiger partial charge in [0.1, 0.15) is 10.5 Å². The number of nitrogens with one attached hydrogen (secondary N) is 1. The molecule has 0 saturated heterocycles. The van der Waals surface area contributed by atoms with Crippen LogP contribution in [0.2, 0.25) is 0 Å². The van der Waals surface area contributed by atoms with Crippen molar-refractivity contribution in [3.8, 4) is 0 Å². The average molecular weight is 461 g/mol. The number of rotatable bonds is 4. The Morgan fingerprint density at radius 3 is 2.58 bits per heavy atom. The van der Waals surface area contributed by atoms with Gasteiger partial charge in [-0.05, 0) is 24.6 Å². The topological polar surface area (TPSA) is 104 Å². The zero-order valence-corrected chi connectivity index (χ0v) is 19.0. The molecule has 0 aliphatic rings. The Kier molecular flexibility index (Phi) is 4.94. The number of carbonyl (C=O) groups excluding carboxylic acids is 1. The van der Waals surface area contributed by atoms with Crippen LogP contribution in [0, 0.1) is 6.92 Å². The Labute approximate surface area is 191 Å². The van der Waals surface area contributed by atoms with Crippen molar-refractivity contribution in [3.63, 3.8) is 0 Å². The van der Waals surface area contributed by atoms with E-state index in [1.807, 2.05) is 48.0 Å². The number of aromatic nitrogens is 5. The van der Waals surface area contributed by atoms with E-state index >= 15 is 0 Å². The maximum Gasteiger partial charge on any atom is 0.332 e. The van der Waals surface area contributed by atoms with Crippen LogP contribution in [0.1, 0.15) is 20.9 Å². The van der Waals surface area contributed by atoms with E-state index < -0.39 is 11.2 Å². The van der Waals surface area contributed by atoms with Crippen LogP contribution in [0.5, 0.6) is 0 Å². The highest BCUT2D eigenvalue weighted by Gasteiger charge is 2.18. The van der Waals surface area contributed by atoms with Crippen LogP contribution in [-0.2, 0) is 20.6 Å². The molecule has 10 heteroatoms. The predicted octanol–water partition coefficient (Wildman–Crippen LogP) is 2.65. The first kappa shape index (κ1) is 20.8. The molecular formula is C23H20N6O3S. The number of nitrogens with zero attached hydrogens (tertiary/aromatic N) is 5. The van der Waals surface area contributed by atoms with E-state index in [0.717, 1.165) is 26.0 Å². The number of pyridine rings is 1. The number of anilines is 1. The highest BCUT2D eigenvalue weighted by atomic mass is 32.1. The zero-order valence-electron chi connectivity index (χ0n) is 18.2. The van der Waals surface area contributed by atoms with Gasteiger partial charge in [0, 0.05) is 19.5 Å². The van der Waals surface area contributed by atoms with Crippen LogP contribution in [0.25, 0.3) is 21.3 Å². The highest BCUT2D eigenvalue weighted by Crippen LogP contribution is 2.29. The minimum absolute atomic E-state index is 0.253. The van der Waals surface area contributed by atoms with Crippen LogP contribution in [0.4, 0.5) is 5.69 Å². The third-order valence-electron chi connectivity index (χ3n) is 5.56. The SMILES string of the molecule is Cc1nn(Cc2ccccc2)c2sc(C(=O)Nc3cnc4c(c3)c(=O)n(C)c(=O)n4C)cc12. The van der Waals surface area contributed by atoms with Crippen LogP contribution >= 0.6 is 11.3 Å². The molecule has 0 spiro atoms. The fraction of sp³-hybridized carbons (Fsp3) is 0.174. The lowest BCUT2D eigenvalue weighted by molar-refractivity contribution is 0.103. The third-order valence-corrected chi connectivity index (χ3v) is 6.70. The molecule has 0 unspecified atom stereocenters. The minimum atomic E-state index is -0.463. The number of fused-ring (bicyclic) bond motifs is 2. The summed E-state index contributed by atoms with van der Waals surface area (Å²) in [6.07, 6.45) is 1.44. The molecule has 33 heavy (non-hydrogen) atoms. The second kappa shape index (κ2) is 7.82. The highest BCUT2D eigenvalue weighted by molar-refractivity contribution is 7.20. The average Bonchev–Trinajstić information content (AvgIpc) is 3.38. The lowest BCUT2D eigenvalue weighted by atomic mass is 10.2. The van der Waals surface area contributed by atoms with E-state index in [1.165, 1.54) is 35.2 Å². The van der Waals surface area contributed by atoms with Crippen molar-refractivity contribution < 1.29 is 4.79 Å². The first-order valence-electron chi connectivity index (χ1n) is 10.2. The Bertz CT molecular complexity index is 1660. The van der Waals surface area contributed by atoms with Gasteiger partial charge in [-0.2, -0.15) is 5.10 Å². The van der Waals surface area contributed by atoms with Crippen molar-refractivity contribution in [2.24, 2.45) is 14.1 Å². The summed E-state index contributed by atoms with van der Waals surface area (Å²) in [7, 11) is 2.96. The van der Waals surface area contributed by atoms with E-state index in [1.54, 1.807) is 7.05 Å². The summed E-state index contributed by atoms with van der Waals surface area (Å²) in [4.78, 5) is 43.2. The Hall–Kier alpha value is -4.05. The van der Waals surface area contributed by atoms with Crippen molar-refractivity contribution in [1.29, 1.82) is 0 Å². The van der Waals surface area contributed by atoms with Crippen molar-refractivity contribution >= 4 is 44.2 Å². The molecule has 4 heterocycles. The number of hydrogen-bond donors (Lipinski definition) is 1. The predicted molar refractivity (Wildman–Crippen MR) is 128 cm³/mol. The minimum Gasteiger partial charge on any atom is -0.320 e. The normalized spacial score (nSPS) is 11.4. The Morgan fingerprint density at radius 1 is 1.06 bits per heavy atom. The maximum atomic E-state index is 13.0. The van der Waals surface area contributed by atoms with Gasteiger partial charge in [-0.25, -0.2) is 9.78 Å². The van der Waals surface area contributed by atoms with Gasteiger partial charge in [0.05, 0.1) is 34.4 Å². The molecule has 0 fully saturated rings. The third kappa shape index (κ3) is 3.54. The molecule has 1 aromatic carbocycles. The van der Waals surface area contributed by atoms with Gasteiger partial charge in [0.2, 0.25) is 0 Å². The van der Waals surface area contributed by atoms with E-state index in [0.29, 0.717) is 17.1 Å². The lowest BCUT2D eigenvalue weighted by Crippen LogP contribution is -2.37. The second-order valence-electron chi connectivity index (χ2n) is 7.81. The van der Waals surface area contributed by atoms with Crippen LogP contribution in [0.15, 0.2) is 58.3 Å². The van der Waals surface area contributed by atoms with Gasteiger partial charge in [0.15, 0.2) is 0 Å². The number of amides is 1. The maximum absolute atomic E-state index is 13.0. The van der Waals surface area contributed by atoms with Gasteiger partial charge in [0.25, 0.3) is 11.5 Å². The van der Waals surface area contributed by atoms with E-state index in [-0.39, 0.29) is 16.9 Å². The van der Waals surface area contributed by atoms with Gasteiger partial charge in [-0.15, -0.1) is 11.3 Å². The Balaban J connectivity index is 1.47. The molecule has 0 saturated carbocycles. The van der Waals surface area contributed by atoms with Crippen LogP contribution < -0.4 is 16.6 Å². The molecule has 0 radical (unpaired) electrons. The number of benzene rings is 1. The lowest BCUT2D eigenvalue weighted by Gasteiger charge is -2.08. The molecule has 0 atom stereocenters. The summed E-state index contributed by atoms with van der Waals surface area (Å²) in [6, 6.07) is 13.4. The smallest absolute Gasteiger partial charge is 0.320 e. The number of aryl methyl sites for hydroxylation is 2. The molecule has 0 aliphatic carbocycles. The van der Waals surface area contributed by atoms with E-state index in [4.69, 9.17) is 0 Å². The van der Waals surface area contributed by atoms with Gasteiger partial charge < -0.3 is 5.32 Å². The first-order valence-corrected chi connectivity index (χ1v) is 11.0. The largest absolute Gasteiger partial charge is 0.332 e. The fourth-order valence-electron chi connectivity index (χ4n) is 3.81. The summed E-state index contributed by atoms with van der Waals surface area (Å²) in [5, 5.41) is 8.62. The van der Waals surface area contributed by atoms with E-state index in [2.05, 4.69) is 15.4 Å². The fourth-order valence-corrected chi connectivity index (χ4v) is 4.87. The first-order chi connectivity index (χ1) is 15.8. The molecule has 5 rings (SSSR count). The standard InChI is InChI=1S/C23H20N6O3S/c1-13-16-10-18(33-22(16)29(26-13)12-14-7-5-4-6-8-14)20(30)25-15-9-17-19(24-11-15)27(2)23(32)28(3)21(17)31/h4-11H,12H2,1-3H3,(H,25,30). The molecule has 1 N–H and O–H groups in total. The van der Waals surface area contributed by atoms with Crippen molar-refractivity contribution in [2.45, 2.75) is 13.5 Å². The molecule has 9 nitrogen and oxygen atoms in total. The quantitative estimate of drug-likeness (QED) is 0.444. The van der Waals surface area contributed by atoms with Gasteiger partial charge >= 0.3 is 5.69 Å². The van der Waals surface area contributed by atoms with Crippen molar-refractivity contribution in [1.82, 2.24) is 23.9 Å². The van der Waals surface area contributed by atoms with Gasteiger partial charge in [-0.1, -0.05) is 30.3 Å². The monoisotopic (exact) mass is 460 g/mol. The molecule has 5 aromatic rings. The van der Waals surface area contributed by atoms with Gasteiger partial charge in [-0.3, -0.25) is 23.4 Å². The Morgan fingerprint density at radius 2 is 1.82 bits per heavy atom. The molecule has 0 aliphatic heterocycles. The summed E-state index contributed by atoms with van der Waals surface area (Å²) in [6.45, 7) is 2.54. The molecular weight excluding hydrogens is 440 g/mol. The van der Waals surface area contributed by atoms with Crippen molar-refractivity contribution in [2.75, 3.05) is 5.32 Å². The second-order valence-corrected chi connectivity index (χ2v) is 8.84. The number of hydrogen-bond acceptors (Lipinski definition) is 6. The van der Waals surface area contributed by atoms with Crippen molar-refractivity contribution in [3.05, 3.63) is 85.6 Å². The summed E-state index contributed by atoms with van der Waals surface area (Å²) in [5.41, 5.74) is 1.70. The summed E-state index contributed by atoms with van der Waals surface area (Å²) >= 11 is 1.36. The number of thiophene rings is 1. The zero-order chi connectivity index (χ0) is 23.3. The van der Waals surface area contributed by atoms with E-state index in [9.17, 15) is 14.4 Å². The summed E-state index contributed by atoms with van der Waals surface area (Å²) in [5.74, 6) is -0.301.